The Morgan fingerprint density at radius 2 is 2.05 bits per heavy atom. The number of rotatable bonds is 4. The smallest absolute Gasteiger partial charge is 0.222 e. The van der Waals surface area contributed by atoms with Gasteiger partial charge in [-0.3, -0.25) is 0 Å². The Morgan fingerprint density at radius 1 is 1.26 bits per heavy atom. The number of anilines is 1. The van der Waals surface area contributed by atoms with Crippen molar-refractivity contribution in [2.24, 2.45) is 0 Å². The van der Waals surface area contributed by atoms with Gasteiger partial charge in [0.1, 0.15) is 0 Å². The molecule has 0 saturated heterocycles. The number of methoxy groups -OCH3 is 1. The van der Waals surface area contributed by atoms with Crippen LogP contribution in [0.5, 0.6) is 17.4 Å². The highest BCUT2D eigenvalue weighted by molar-refractivity contribution is 5.47. The van der Waals surface area contributed by atoms with E-state index in [2.05, 4.69) is 4.98 Å². The molecule has 0 aliphatic rings. The summed E-state index contributed by atoms with van der Waals surface area (Å²) in [5.74, 6) is 1.56. The minimum atomic E-state index is -0.0458. The molecule has 100 valence electrons. The van der Waals surface area contributed by atoms with E-state index in [1.807, 2.05) is 6.92 Å². The number of nitrogen functional groups attached to an aromatic ring is 1. The minimum Gasteiger partial charge on any atom is -0.493 e. The highest BCUT2D eigenvalue weighted by atomic mass is 16.5. The van der Waals surface area contributed by atoms with E-state index in [1.165, 1.54) is 6.20 Å². The molecule has 0 amide bonds. The molecule has 0 aliphatic heterocycles. The van der Waals surface area contributed by atoms with Gasteiger partial charge in [-0.25, -0.2) is 4.98 Å². The van der Waals surface area contributed by atoms with Gasteiger partial charge in [0.15, 0.2) is 11.5 Å². The number of aliphatic hydroxyl groups is 1. The summed E-state index contributed by atoms with van der Waals surface area (Å²) in [6.45, 7) is 1.82. The topological polar surface area (TPSA) is 77.6 Å². The maximum absolute atomic E-state index is 9.09. The van der Waals surface area contributed by atoms with Gasteiger partial charge in [-0.1, -0.05) is 6.07 Å². The summed E-state index contributed by atoms with van der Waals surface area (Å²) < 4.78 is 10.9. The molecule has 3 N–H and O–H groups in total. The molecule has 5 heteroatoms. The average molecular weight is 260 g/mol. The molecule has 2 aromatic rings. The zero-order valence-electron chi connectivity index (χ0n) is 10.9. The Labute approximate surface area is 111 Å². The number of hydrogen-bond acceptors (Lipinski definition) is 5. The number of nitrogens with two attached hydrogens (primary N) is 1. The lowest BCUT2D eigenvalue weighted by Crippen LogP contribution is -1.97. The number of aromatic nitrogens is 1. The first kappa shape index (κ1) is 13.2. The highest BCUT2D eigenvalue weighted by Crippen LogP contribution is 2.33. The zero-order valence-corrected chi connectivity index (χ0v) is 10.9. The first-order valence-electron chi connectivity index (χ1n) is 5.81. The Morgan fingerprint density at radius 3 is 2.68 bits per heavy atom. The summed E-state index contributed by atoms with van der Waals surface area (Å²) in [5.41, 5.74) is 7.83. The van der Waals surface area contributed by atoms with Crippen molar-refractivity contribution in [3.05, 3.63) is 41.6 Å². The molecule has 0 atom stereocenters. The molecule has 1 aromatic heterocycles. The molecule has 0 spiro atoms. The van der Waals surface area contributed by atoms with Gasteiger partial charge < -0.3 is 20.3 Å². The molecule has 0 unspecified atom stereocenters. The van der Waals surface area contributed by atoms with E-state index in [-0.39, 0.29) is 6.61 Å². The van der Waals surface area contributed by atoms with E-state index in [9.17, 15) is 0 Å². The fourth-order valence-electron chi connectivity index (χ4n) is 1.69. The van der Waals surface area contributed by atoms with E-state index in [0.717, 1.165) is 11.1 Å². The first-order chi connectivity index (χ1) is 9.13. The maximum atomic E-state index is 9.09. The van der Waals surface area contributed by atoms with Gasteiger partial charge in [0, 0.05) is 5.56 Å². The molecule has 2 rings (SSSR count). The number of aryl methyl sites for hydroxylation is 1. The molecule has 0 saturated carbocycles. The van der Waals surface area contributed by atoms with Gasteiger partial charge in [0.05, 0.1) is 25.6 Å². The Balaban J connectivity index is 2.32. The summed E-state index contributed by atoms with van der Waals surface area (Å²) in [7, 11) is 1.55. The molecule has 1 aromatic carbocycles. The highest BCUT2D eigenvalue weighted by Gasteiger charge is 2.09. The summed E-state index contributed by atoms with van der Waals surface area (Å²) in [6.07, 6.45) is 1.54. The third kappa shape index (κ3) is 2.95. The maximum Gasteiger partial charge on any atom is 0.222 e. The quantitative estimate of drug-likeness (QED) is 0.881. The molecule has 0 fully saturated rings. The van der Waals surface area contributed by atoms with Crippen LogP contribution in [-0.4, -0.2) is 17.2 Å². The number of pyridine rings is 1. The normalized spacial score (nSPS) is 10.3. The predicted octanol–water partition coefficient (Wildman–Crippen LogP) is 2.27. The third-order valence-electron chi connectivity index (χ3n) is 2.67. The second-order valence-electron chi connectivity index (χ2n) is 4.14. The third-order valence-corrected chi connectivity index (χ3v) is 2.67. The van der Waals surface area contributed by atoms with Gasteiger partial charge in [0.25, 0.3) is 0 Å². The van der Waals surface area contributed by atoms with Crippen molar-refractivity contribution in [2.75, 3.05) is 12.8 Å². The Hall–Kier alpha value is -2.27. The van der Waals surface area contributed by atoms with E-state index in [1.54, 1.807) is 31.4 Å². The fourth-order valence-corrected chi connectivity index (χ4v) is 1.69. The van der Waals surface area contributed by atoms with Crippen molar-refractivity contribution in [1.29, 1.82) is 0 Å². The second-order valence-corrected chi connectivity index (χ2v) is 4.14. The summed E-state index contributed by atoms with van der Waals surface area (Å²) in [4.78, 5) is 4.14. The number of hydrogen-bond donors (Lipinski definition) is 2. The van der Waals surface area contributed by atoms with Crippen LogP contribution in [0.1, 0.15) is 11.1 Å². The first-order valence-corrected chi connectivity index (χ1v) is 5.81. The van der Waals surface area contributed by atoms with Crippen molar-refractivity contribution >= 4 is 5.69 Å². The minimum absolute atomic E-state index is 0.0458. The SMILES string of the molecule is COc1cc(CO)ccc1Oc1ncc(N)cc1C. The molecule has 19 heavy (non-hydrogen) atoms. The van der Waals surface area contributed by atoms with Crippen LogP contribution in [0.3, 0.4) is 0 Å². The van der Waals surface area contributed by atoms with Crippen LogP contribution in [0.15, 0.2) is 30.5 Å². The summed E-state index contributed by atoms with van der Waals surface area (Å²) in [5, 5.41) is 9.09. The van der Waals surface area contributed by atoms with Crippen molar-refractivity contribution in [3.63, 3.8) is 0 Å². The molecular weight excluding hydrogens is 244 g/mol. The van der Waals surface area contributed by atoms with E-state index >= 15 is 0 Å². The van der Waals surface area contributed by atoms with Gasteiger partial charge in [-0.05, 0) is 30.7 Å². The number of ether oxygens (including phenoxy) is 2. The van der Waals surface area contributed by atoms with Gasteiger partial charge in [-0.2, -0.15) is 0 Å². The van der Waals surface area contributed by atoms with Crippen molar-refractivity contribution < 1.29 is 14.6 Å². The number of nitrogens with zero attached hydrogens (tertiary/aromatic N) is 1. The molecule has 1 heterocycles. The van der Waals surface area contributed by atoms with Crippen LogP contribution in [0, 0.1) is 6.92 Å². The predicted molar refractivity (Wildman–Crippen MR) is 72.4 cm³/mol. The molecule has 0 aliphatic carbocycles. The van der Waals surface area contributed by atoms with Crippen LogP contribution < -0.4 is 15.2 Å². The lowest BCUT2D eigenvalue weighted by molar-refractivity contribution is 0.280. The monoisotopic (exact) mass is 260 g/mol. The van der Waals surface area contributed by atoms with Gasteiger partial charge >= 0.3 is 0 Å². The summed E-state index contributed by atoms with van der Waals surface area (Å²) in [6, 6.07) is 7.02. The van der Waals surface area contributed by atoms with Crippen LogP contribution in [-0.2, 0) is 6.61 Å². The van der Waals surface area contributed by atoms with Crippen LogP contribution in [0.2, 0.25) is 0 Å². The number of aliphatic hydroxyl groups excluding tert-OH is 1. The molecular formula is C14H16N2O3. The second kappa shape index (κ2) is 5.58. The Kier molecular flexibility index (Phi) is 3.87. The van der Waals surface area contributed by atoms with Crippen molar-refractivity contribution in [3.8, 4) is 17.4 Å². The lowest BCUT2D eigenvalue weighted by Gasteiger charge is -2.12. The van der Waals surface area contributed by atoms with Crippen molar-refractivity contribution in [1.82, 2.24) is 4.98 Å². The van der Waals surface area contributed by atoms with Gasteiger partial charge in [0.2, 0.25) is 5.88 Å². The molecule has 5 nitrogen and oxygen atoms in total. The Bertz CT molecular complexity index is 585. The van der Waals surface area contributed by atoms with Crippen LogP contribution in [0.25, 0.3) is 0 Å². The lowest BCUT2D eigenvalue weighted by atomic mass is 10.2. The number of benzene rings is 1. The standard InChI is InChI=1S/C14H16N2O3/c1-9-5-11(15)7-16-14(9)19-12-4-3-10(8-17)6-13(12)18-2/h3-7,17H,8,15H2,1-2H3. The van der Waals surface area contributed by atoms with Crippen LogP contribution in [0.4, 0.5) is 5.69 Å². The largest absolute Gasteiger partial charge is 0.493 e. The molecule has 0 radical (unpaired) electrons. The zero-order chi connectivity index (χ0) is 13.8. The van der Waals surface area contributed by atoms with Gasteiger partial charge in [-0.15, -0.1) is 0 Å². The van der Waals surface area contributed by atoms with Crippen LogP contribution >= 0.6 is 0 Å². The fraction of sp³-hybridized carbons (Fsp3) is 0.214. The van der Waals surface area contributed by atoms with Crippen molar-refractivity contribution in [2.45, 2.75) is 13.5 Å². The molecule has 0 bridgehead atoms. The van der Waals surface area contributed by atoms with E-state index < -0.39 is 0 Å². The van der Waals surface area contributed by atoms with E-state index in [4.69, 9.17) is 20.3 Å². The van der Waals surface area contributed by atoms with E-state index in [0.29, 0.717) is 23.1 Å². The summed E-state index contributed by atoms with van der Waals surface area (Å²) >= 11 is 0. The average Bonchev–Trinajstić information content (AvgIpc) is 2.42.